The van der Waals surface area contributed by atoms with Crippen LogP contribution >= 0.6 is 15.9 Å². The molecule has 1 heterocycles. The van der Waals surface area contributed by atoms with E-state index in [0.29, 0.717) is 10.2 Å². The Bertz CT molecular complexity index is 780. The summed E-state index contributed by atoms with van der Waals surface area (Å²) in [5.74, 6) is 0.551. The Labute approximate surface area is 118 Å². The van der Waals surface area contributed by atoms with E-state index >= 15 is 0 Å². The van der Waals surface area contributed by atoms with Crippen LogP contribution in [0, 0.1) is 12.7 Å². The van der Waals surface area contributed by atoms with E-state index in [1.165, 1.54) is 12.1 Å². The number of hydrogen-bond acceptors (Lipinski definition) is 2. The second-order valence-corrected chi connectivity index (χ2v) is 5.19. The molecule has 0 radical (unpaired) electrons. The molecule has 0 spiro atoms. The molecule has 0 aliphatic carbocycles. The molecule has 0 saturated heterocycles. The molecule has 2 aromatic carbocycles. The third-order valence-electron chi connectivity index (χ3n) is 3.00. The molecule has 5 heteroatoms. The minimum absolute atomic E-state index is 0.276. The predicted molar refractivity (Wildman–Crippen MR) is 77.9 cm³/mol. The Hall–Kier alpha value is -1.88. The number of imidazole rings is 1. The zero-order valence-corrected chi connectivity index (χ0v) is 11.8. The molecule has 0 aliphatic rings. The Morgan fingerprint density at radius 1 is 1.21 bits per heavy atom. The molecule has 0 unspecified atom stereocenters. The topological polar surface area (TPSA) is 43.8 Å². The van der Waals surface area contributed by atoms with Crippen molar-refractivity contribution in [3.05, 3.63) is 52.5 Å². The van der Waals surface area contributed by atoms with E-state index in [9.17, 15) is 4.39 Å². The van der Waals surface area contributed by atoms with Crippen molar-refractivity contribution in [3.8, 4) is 5.69 Å². The van der Waals surface area contributed by atoms with E-state index in [1.54, 1.807) is 6.07 Å². The lowest BCUT2D eigenvalue weighted by Crippen LogP contribution is -1.98. The zero-order valence-electron chi connectivity index (χ0n) is 10.2. The standard InChI is InChI=1S/C14H11BrFN3/c1-8-18-12-7-10(17)3-5-14(12)19(8)13-4-2-9(16)6-11(13)15/h2-7H,17H2,1H3. The van der Waals surface area contributed by atoms with Crippen LogP contribution < -0.4 is 5.73 Å². The van der Waals surface area contributed by atoms with Crippen LogP contribution in [0.2, 0.25) is 0 Å². The lowest BCUT2D eigenvalue weighted by atomic mass is 10.2. The van der Waals surface area contributed by atoms with Gasteiger partial charge in [-0.3, -0.25) is 4.57 Å². The molecule has 3 aromatic rings. The summed E-state index contributed by atoms with van der Waals surface area (Å²) in [4.78, 5) is 4.48. The molecule has 2 N–H and O–H groups in total. The highest BCUT2D eigenvalue weighted by molar-refractivity contribution is 9.10. The van der Waals surface area contributed by atoms with Gasteiger partial charge in [-0.2, -0.15) is 0 Å². The van der Waals surface area contributed by atoms with E-state index in [4.69, 9.17) is 5.73 Å². The van der Waals surface area contributed by atoms with E-state index in [1.807, 2.05) is 29.7 Å². The summed E-state index contributed by atoms with van der Waals surface area (Å²) >= 11 is 3.39. The SMILES string of the molecule is Cc1nc2cc(N)ccc2n1-c1ccc(F)cc1Br. The fraction of sp³-hybridized carbons (Fsp3) is 0.0714. The van der Waals surface area contributed by atoms with Gasteiger partial charge in [-0.15, -0.1) is 0 Å². The summed E-state index contributed by atoms with van der Waals surface area (Å²) in [5.41, 5.74) is 9.06. The first-order chi connectivity index (χ1) is 9.06. The molecule has 19 heavy (non-hydrogen) atoms. The van der Waals surface area contributed by atoms with Gasteiger partial charge >= 0.3 is 0 Å². The maximum absolute atomic E-state index is 13.2. The van der Waals surface area contributed by atoms with Crippen molar-refractivity contribution < 1.29 is 4.39 Å². The fourth-order valence-corrected chi connectivity index (χ4v) is 2.71. The van der Waals surface area contributed by atoms with Crippen LogP contribution in [0.1, 0.15) is 5.82 Å². The quantitative estimate of drug-likeness (QED) is 0.693. The van der Waals surface area contributed by atoms with Crippen LogP contribution in [-0.2, 0) is 0 Å². The maximum Gasteiger partial charge on any atom is 0.124 e. The van der Waals surface area contributed by atoms with Crippen molar-refractivity contribution >= 4 is 32.7 Å². The molecule has 0 atom stereocenters. The van der Waals surface area contributed by atoms with E-state index in [0.717, 1.165) is 22.5 Å². The largest absolute Gasteiger partial charge is 0.399 e. The van der Waals surface area contributed by atoms with Crippen molar-refractivity contribution in [3.63, 3.8) is 0 Å². The van der Waals surface area contributed by atoms with Gasteiger partial charge in [0.25, 0.3) is 0 Å². The van der Waals surface area contributed by atoms with E-state index in [2.05, 4.69) is 20.9 Å². The number of anilines is 1. The van der Waals surface area contributed by atoms with Gasteiger partial charge in [-0.1, -0.05) is 0 Å². The van der Waals surface area contributed by atoms with Gasteiger partial charge in [-0.05, 0) is 59.3 Å². The number of aromatic nitrogens is 2. The fourth-order valence-electron chi connectivity index (χ4n) is 2.18. The summed E-state index contributed by atoms with van der Waals surface area (Å²) in [7, 11) is 0. The van der Waals surface area contributed by atoms with Crippen LogP contribution in [0.5, 0.6) is 0 Å². The second-order valence-electron chi connectivity index (χ2n) is 4.34. The van der Waals surface area contributed by atoms with Crippen molar-refractivity contribution in [1.29, 1.82) is 0 Å². The average molecular weight is 320 g/mol. The van der Waals surface area contributed by atoms with Crippen LogP contribution in [-0.4, -0.2) is 9.55 Å². The number of rotatable bonds is 1. The Kier molecular flexibility index (Phi) is 2.78. The predicted octanol–water partition coefficient (Wildman–Crippen LogP) is 3.82. The summed E-state index contributed by atoms with van der Waals surface area (Å²) in [6.07, 6.45) is 0. The minimum atomic E-state index is -0.276. The van der Waals surface area contributed by atoms with Crippen molar-refractivity contribution in [2.45, 2.75) is 6.92 Å². The lowest BCUT2D eigenvalue weighted by Gasteiger charge is -2.09. The van der Waals surface area contributed by atoms with Gasteiger partial charge in [0.2, 0.25) is 0 Å². The monoisotopic (exact) mass is 319 g/mol. The van der Waals surface area contributed by atoms with Gasteiger partial charge in [0.15, 0.2) is 0 Å². The molecule has 0 bridgehead atoms. The second kappa shape index (κ2) is 4.35. The summed E-state index contributed by atoms with van der Waals surface area (Å²) in [6, 6.07) is 10.2. The van der Waals surface area contributed by atoms with Crippen molar-refractivity contribution in [1.82, 2.24) is 9.55 Å². The van der Waals surface area contributed by atoms with Crippen LogP contribution in [0.15, 0.2) is 40.9 Å². The first-order valence-electron chi connectivity index (χ1n) is 5.76. The summed E-state index contributed by atoms with van der Waals surface area (Å²) in [5, 5.41) is 0. The molecule has 0 aliphatic heterocycles. The van der Waals surface area contributed by atoms with Gasteiger partial charge in [0, 0.05) is 10.2 Å². The number of aryl methyl sites for hydroxylation is 1. The Morgan fingerprint density at radius 3 is 2.74 bits per heavy atom. The van der Waals surface area contributed by atoms with Crippen molar-refractivity contribution in [2.75, 3.05) is 5.73 Å². The van der Waals surface area contributed by atoms with Crippen LogP contribution in [0.3, 0.4) is 0 Å². The maximum atomic E-state index is 13.2. The van der Waals surface area contributed by atoms with Gasteiger partial charge < -0.3 is 5.73 Å². The number of nitrogen functional groups attached to an aromatic ring is 1. The first-order valence-corrected chi connectivity index (χ1v) is 6.55. The zero-order chi connectivity index (χ0) is 13.6. The third-order valence-corrected chi connectivity index (χ3v) is 3.63. The van der Waals surface area contributed by atoms with Gasteiger partial charge in [-0.25, -0.2) is 9.37 Å². The molecule has 3 rings (SSSR count). The minimum Gasteiger partial charge on any atom is -0.399 e. The average Bonchev–Trinajstić information content (AvgIpc) is 2.65. The van der Waals surface area contributed by atoms with E-state index < -0.39 is 0 Å². The number of benzene rings is 2. The Morgan fingerprint density at radius 2 is 2.00 bits per heavy atom. The molecule has 1 aromatic heterocycles. The molecule has 0 fully saturated rings. The van der Waals surface area contributed by atoms with Crippen molar-refractivity contribution in [2.24, 2.45) is 0 Å². The highest BCUT2D eigenvalue weighted by Crippen LogP contribution is 2.28. The number of fused-ring (bicyclic) bond motifs is 1. The first kappa shape index (κ1) is 12.2. The van der Waals surface area contributed by atoms with Crippen LogP contribution in [0.4, 0.5) is 10.1 Å². The summed E-state index contributed by atoms with van der Waals surface area (Å²) in [6.45, 7) is 1.91. The Balaban J connectivity index is 2.33. The number of nitrogens with two attached hydrogens (primary N) is 1. The third kappa shape index (κ3) is 2.00. The molecule has 0 saturated carbocycles. The number of halogens is 2. The van der Waals surface area contributed by atoms with Gasteiger partial charge in [0.1, 0.15) is 11.6 Å². The highest BCUT2D eigenvalue weighted by atomic mass is 79.9. The number of nitrogens with zero attached hydrogens (tertiary/aromatic N) is 2. The normalized spacial score (nSPS) is 11.1. The smallest absolute Gasteiger partial charge is 0.124 e. The molecule has 3 nitrogen and oxygen atoms in total. The molecular weight excluding hydrogens is 309 g/mol. The molecular formula is C14H11BrFN3. The van der Waals surface area contributed by atoms with Gasteiger partial charge in [0.05, 0.1) is 16.7 Å². The molecule has 0 amide bonds. The lowest BCUT2D eigenvalue weighted by molar-refractivity contribution is 0.626. The number of hydrogen-bond donors (Lipinski definition) is 1. The summed E-state index contributed by atoms with van der Waals surface area (Å²) < 4.78 is 15.8. The van der Waals surface area contributed by atoms with E-state index in [-0.39, 0.29) is 5.82 Å². The van der Waals surface area contributed by atoms with Crippen LogP contribution in [0.25, 0.3) is 16.7 Å². The molecule has 96 valence electrons. The highest BCUT2D eigenvalue weighted by Gasteiger charge is 2.12.